The molecule has 2 fully saturated rings. The quantitative estimate of drug-likeness (QED) is 0.529. The predicted molar refractivity (Wildman–Crippen MR) is 126 cm³/mol. The molecule has 2 aromatic carbocycles. The number of nitrogen functional groups attached to an aromatic ring is 1. The highest BCUT2D eigenvalue weighted by atomic mass is 16.5. The molecule has 0 radical (unpaired) electrons. The number of aliphatic hydroxyl groups is 1. The number of aromatic amines is 1. The molecule has 3 aromatic rings. The number of ether oxygens (including phenoxy) is 1. The fourth-order valence-corrected chi connectivity index (χ4v) is 5.88. The minimum Gasteiger partial charge on any atom is -0.491 e. The average molecular weight is 448 g/mol. The van der Waals surface area contributed by atoms with Crippen LogP contribution in [0.15, 0.2) is 36.4 Å². The minimum atomic E-state index is -0.674. The van der Waals surface area contributed by atoms with Crippen LogP contribution in [0.1, 0.15) is 38.2 Å². The van der Waals surface area contributed by atoms with Gasteiger partial charge in [-0.1, -0.05) is 12.1 Å². The number of carbonyl (C=O) groups is 1. The van der Waals surface area contributed by atoms with Gasteiger partial charge in [0.05, 0.1) is 29.7 Å². The zero-order valence-electron chi connectivity index (χ0n) is 18.8. The third-order valence-electron chi connectivity index (χ3n) is 7.34. The lowest BCUT2D eigenvalue weighted by Crippen LogP contribution is -2.56. The van der Waals surface area contributed by atoms with Gasteiger partial charge in [0, 0.05) is 17.6 Å². The van der Waals surface area contributed by atoms with Gasteiger partial charge < -0.3 is 30.4 Å². The number of nitrogens with two attached hydrogens (primary N) is 1. The Bertz CT molecular complexity index is 1220. The van der Waals surface area contributed by atoms with E-state index in [2.05, 4.69) is 16.0 Å². The molecule has 0 spiro atoms. The number of imidazole rings is 1. The van der Waals surface area contributed by atoms with Crippen molar-refractivity contribution in [3.05, 3.63) is 42.0 Å². The van der Waals surface area contributed by atoms with E-state index in [1.807, 2.05) is 47.1 Å². The first-order valence-electron chi connectivity index (χ1n) is 11.7. The highest BCUT2D eigenvalue weighted by molar-refractivity contribution is 5.83. The summed E-state index contributed by atoms with van der Waals surface area (Å²) >= 11 is 0. The number of benzene rings is 2. The highest BCUT2D eigenvalue weighted by Crippen LogP contribution is 2.41. The van der Waals surface area contributed by atoms with E-state index in [1.54, 1.807) is 0 Å². The number of rotatable bonds is 1. The van der Waals surface area contributed by atoms with Crippen molar-refractivity contribution in [2.45, 2.75) is 56.8 Å². The van der Waals surface area contributed by atoms with Gasteiger partial charge in [0.25, 0.3) is 0 Å². The fourth-order valence-electron chi connectivity index (χ4n) is 5.88. The maximum atomic E-state index is 13.6. The van der Waals surface area contributed by atoms with Crippen LogP contribution in [0, 0.1) is 0 Å². The van der Waals surface area contributed by atoms with Crippen LogP contribution in [0.3, 0.4) is 0 Å². The van der Waals surface area contributed by atoms with Crippen molar-refractivity contribution in [2.24, 2.45) is 0 Å². The van der Waals surface area contributed by atoms with Gasteiger partial charge in [-0.25, -0.2) is 9.78 Å². The van der Waals surface area contributed by atoms with E-state index < -0.39 is 5.60 Å². The lowest BCUT2D eigenvalue weighted by Gasteiger charge is -2.43. The molecule has 3 aliphatic rings. The molecule has 3 aliphatic heterocycles. The number of aromatic nitrogens is 2. The molecule has 4 N–H and O–H groups in total. The molecule has 2 amide bonds. The molecule has 2 atom stereocenters. The summed E-state index contributed by atoms with van der Waals surface area (Å²) in [5.74, 6) is 1.23. The van der Waals surface area contributed by atoms with Gasteiger partial charge in [-0.2, -0.15) is 0 Å². The summed E-state index contributed by atoms with van der Waals surface area (Å²) in [4.78, 5) is 24.9. The molecule has 8 nitrogen and oxygen atoms in total. The minimum absolute atomic E-state index is 0.0641. The number of anilines is 1. The van der Waals surface area contributed by atoms with Gasteiger partial charge in [-0.3, -0.25) is 0 Å². The summed E-state index contributed by atoms with van der Waals surface area (Å²) in [7, 11) is 0. The first-order valence-corrected chi connectivity index (χ1v) is 11.7. The van der Waals surface area contributed by atoms with Crippen molar-refractivity contribution in [3.8, 4) is 16.9 Å². The van der Waals surface area contributed by atoms with E-state index in [4.69, 9.17) is 10.5 Å². The number of amides is 2. The van der Waals surface area contributed by atoms with Crippen molar-refractivity contribution >= 4 is 23.0 Å². The van der Waals surface area contributed by atoms with Crippen molar-refractivity contribution in [1.82, 2.24) is 19.8 Å². The number of fused-ring (bicyclic) bond motifs is 4. The molecule has 172 valence electrons. The van der Waals surface area contributed by atoms with Crippen molar-refractivity contribution < 1.29 is 14.6 Å². The number of H-pyrrole nitrogens is 1. The number of nitrogens with zero attached hydrogens (tertiary/aromatic N) is 3. The third kappa shape index (κ3) is 3.58. The largest absolute Gasteiger partial charge is 0.491 e. The summed E-state index contributed by atoms with van der Waals surface area (Å²) in [5.41, 5.74) is 9.95. The normalized spacial score (nSPS) is 26.7. The Kier molecular flexibility index (Phi) is 4.55. The number of urea groups is 1. The monoisotopic (exact) mass is 447 g/mol. The van der Waals surface area contributed by atoms with E-state index in [0.29, 0.717) is 38.5 Å². The molecule has 6 rings (SSSR count). The summed E-state index contributed by atoms with van der Waals surface area (Å²) in [5, 5.41) is 10.6. The van der Waals surface area contributed by atoms with Crippen LogP contribution in [-0.2, 0) is 6.54 Å². The van der Waals surface area contributed by atoms with Gasteiger partial charge >= 0.3 is 6.03 Å². The number of piperidine rings is 1. The standard InChI is InChI=1S/C25H29N5O3/c1-25(32)12-18-4-5-19(13-25)30(18)24(31)29-8-9-33-22-7-3-15(10-17(22)14-29)16-2-6-20-21(11-16)28-23(26)27-20/h2-3,6-7,10-11,18-19,32H,4-5,8-9,12-14H2,1H3,(H3,26,27,28). The Morgan fingerprint density at radius 3 is 2.70 bits per heavy atom. The molecule has 1 aromatic heterocycles. The van der Waals surface area contributed by atoms with Gasteiger partial charge in [-0.15, -0.1) is 0 Å². The van der Waals surface area contributed by atoms with Gasteiger partial charge in [-0.05, 0) is 68.0 Å². The smallest absolute Gasteiger partial charge is 0.320 e. The lowest BCUT2D eigenvalue weighted by molar-refractivity contribution is -0.0290. The zero-order valence-corrected chi connectivity index (χ0v) is 18.8. The summed E-state index contributed by atoms with van der Waals surface area (Å²) in [6, 6.07) is 12.5. The van der Waals surface area contributed by atoms with Gasteiger partial charge in [0.1, 0.15) is 12.4 Å². The van der Waals surface area contributed by atoms with E-state index in [-0.39, 0.29) is 18.1 Å². The number of hydrogen-bond acceptors (Lipinski definition) is 5. The molecular formula is C25H29N5O3. The van der Waals surface area contributed by atoms with Crippen LogP contribution in [-0.4, -0.2) is 61.7 Å². The van der Waals surface area contributed by atoms with E-state index in [0.717, 1.165) is 46.3 Å². The maximum Gasteiger partial charge on any atom is 0.320 e. The van der Waals surface area contributed by atoms with Crippen LogP contribution in [0.2, 0.25) is 0 Å². The van der Waals surface area contributed by atoms with E-state index in [9.17, 15) is 9.90 Å². The van der Waals surface area contributed by atoms with Crippen molar-refractivity contribution in [3.63, 3.8) is 0 Å². The second-order valence-corrected chi connectivity index (χ2v) is 9.93. The van der Waals surface area contributed by atoms with Crippen LogP contribution in [0.5, 0.6) is 5.75 Å². The van der Waals surface area contributed by atoms with Crippen molar-refractivity contribution in [1.29, 1.82) is 0 Å². The molecule has 0 saturated carbocycles. The Balaban J connectivity index is 1.27. The van der Waals surface area contributed by atoms with Crippen molar-refractivity contribution in [2.75, 3.05) is 18.9 Å². The SMILES string of the molecule is CC1(O)CC2CCC(C1)N2C(=O)N1CCOc2ccc(-c3ccc4nc(N)[nH]c4c3)cc2C1. The number of hydrogen-bond donors (Lipinski definition) is 3. The van der Waals surface area contributed by atoms with Gasteiger partial charge in [0.15, 0.2) is 5.95 Å². The van der Waals surface area contributed by atoms with Crippen LogP contribution in [0.25, 0.3) is 22.2 Å². The molecule has 33 heavy (non-hydrogen) atoms. The molecule has 4 heterocycles. The van der Waals surface area contributed by atoms with Crippen LogP contribution < -0.4 is 10.5 Å². The zero-order chi connectivity index (χ0) is 22.7. The van der Waals surface area contributed by atoms with E-state index in [1.165, 1.54) is 0 Å². The second kappa shape index (κ2) is 7.38. The topological polar surface area (TPSA) is 108 Å². The Morgan fingerprint density at radius 1 is 1.18 bits per heavy atom. The summed E-state index contributed by atoms with van der Waals surface area (Å²) in [6.07, 6.45) is 3.25. The molecular weight excluding hydrogens is 418 g/mol. The first-order chi connectivity index (χ1) is 15.9. The average Bonchev–Trinajstić information content (AvgIpc) is 3.19. The summed E-state index contributed by atoms with van der Waals surface area (Å²) in [6.45, 7) is 3.42. The molecule has 8 heteroatoms. The molecule has 2 bridgehead atoms. The Hall–Kier alpha value is -3.26. The Labute approximate surface area is 192 Å². The number of nitrogens with one attached hydrogen (secondary N) is 1. The summed E-state index contributed by atoms with van der Waals surface area (Å²) < 4.78 is 6.00. The highest BCUT2D eigenvalue weighted by Gasteiger charge is 2.48. The Morgan fingerprint density at radius 2 is 1.91 bits per heavy atom. The lowest BCUT2D eigenvalue weighted by atomic mass is 9.88. The number of carbonyl (C=O) groups excluding carboxylic acids is 1. The van der Waals surface area contributed by atoms with Crippen LogP contribution >= 0.6 is 0 Å². The maximum absolute atomic E-state index is 13.6. The first kappa shape index (κ1) is 20.4. The third-order valence-corrected chi connectivity index (χ3v) is 7.34. The van der Waals surface area contributed by atoms with E-state index >= 15 is 0 Å². The predicted octanol–water partition coefficient (Wildman–Crippen LogP) is 3.50. The molecule has 2 unspecified atom stereocenters. The molecule has 0 aliphatic carbocycles. The van der Waals surface area contributed by atoms with Gasteiger partial charge in [0.2, 0.25) is 0 Å². The van der Waals surface area contributed by atoms with Crippen LogP contribution in [0.4, 0.5) is 10.7 Å². The second-order valence-electron chi connectivity index (χ2n) is 9.93. The fraction of sp³-hybridized carbons (Fsp3) is 0.440. The molecule has 2 saturated heterocycles.